The summed E-state index contributed by atoms with van der Waals surface area (Å²) < 4.78 is 0. The van der Waals surface area contributed by atoms with Crippen LogP contribution in [0.3, 0.4) is 0 Å². The minimum atomic E-state index is 0.590. The Labute approximate surface area is 181 Å². The zero-order valence-corrected chi connectivity index (χ0v) is 18.7. The lowest BCUT2D eigenvalue weighted by Gasteiger charge is -2.13. The highest BCUT2D eigenvalue weighted by Gasteiger charge is 2.02. The Hall–Kier alpha value is -2.91. The molecule has 0 amide bonds. The molecule has 152 valence electrons. The Bertz CT molecular complexity index is 861. The third-order valence-electron chi connectivity index (χ3n) is 3.72. The molecule has 0 atom stereocenters. The summed E-state index contributed by atoms with van der Waals surface area (Å²) in [6.45, 7) is 15.9. The molecule has 0 aliphatic carbocycles. The lowest BCUT2D eigenvalue weighted by atomic mass is 10.1. The molecule has 2 aromatic rings. The highest BCUT2D eigenvalue weighted by atomic mass is 32.1. The second kappa shape index (κ2) is 13.3. The summed E-state index contributed by atoms with van der Waals surface area (Å²) in [6, 6.07) is 18.4. The number of hydrogen-bond donors (Lipinski definition) is 2. The average Bonchev–Trinajstić information content (AvgIpc) is 2.69. The molecule has 0 aromatic heterocycles. The first kappa shape index (κ1) is 24.1. The van der Waals surface area contributed by atoms with Gasteiger partial charge in [-0.15, -0.1) is 0 Å². The van der Waals surface area contributed by atoms with Crippen molar-refractivity contribution in [1.29, 1.82) is 0 Å². The summed E-state index contributed by atoms with van der Waals surface area (Å²) in [7, 11) is 0. The molecule has 0 heterocycles. The minimum Gasteiger partial charge on any atom is -0.342 e. The van der Waals surface area contributed by atoms with Gasteiger partial charge >= 0.3 is 0 Å². The fraction of sp³-hybridized carbons (Fsp3) is 0.192. The van der Waals surface area contributed by atoms with Crippen molar-refractivity contribution in [2.75, 3.05) is 5.32 Å². The van der Waals surface area contributed by atoms with Crippen LogP contribution in [0, 0.1) is 5.92 Å². The van der Waals surface area contributed by atoms with E-state index in [1.54, 1.807) is 0 Å². The molecular weight excluding hydrogens is 372 g/mol. The van der Waals surface area contributed by atoms with Gasteiger partial charge in [0, 0.05) is 5.69 Å². The van der Waals surface area contributed by atoms with E-state index in [9.17, 15) is 0 Å². The van der Waals surface area contributed by atoms with E-state index in [0.29, 0.717) is 16.7 Å². The van der Waals surface area contributed by atoms with Gasteiger partial charge in [-0.05, 0) is 48.6 Å². The van der Waals surface area contributed by atoms with Gasteiger partial charge in [0.1, 0.15) is 10.8 Å². The van der Waals surface area contributed by atoms with Gasteiger partial charge < -0.3 is 10.6 Å². The fourth-order valence-electron chi connectivity index (χ4n) is 2.25. The van der Waals surface area contributed by atoms with E-state index in [1.807, 2.05) is 56.3 Å². The van der Waals surface area contributed by atoms with Crippen LogP contribution in [-0.4, -0.2) is 4.99 Å². The highest BCUT2D eigenvalue weighted by molar-refractivity contribution is 7.80. The Morgan fingerprint density at radius 2 is 1.62 bits per heavy atom. The summed E-state index contributed by atoms with van der Waals surface area (Å²) in [5.74, 6) is 1.31. The molecule has 0 saturated heterocycles. The summed E-state index contributed by atoms with van der Waals surface area (Å²) in [5.41, 5.74) is 4.09. The van der Waals surface area contributed by atoms with E-state index in [1.165, 1.54) is 5.56 Å². The summed E-state index contributed by atoms with van der Waals surface area (Å²) in [6.07, 6.45) is 8.31. The van der Waals surface area contributed by atoms with Gasteiger partial charge in [0.15, 0.2) is 0 Å². The lowest BCUT2D eigenvalue weighted by Crippen LogP contribution is -2.24. The van der Waals surface area contributed by atoms with Crippen LogP contribution in [0.25, 0.3) is 11.1 Å². The van der Waals surface area contributed by atoms with E-state index < -0.39 is 0 Å². The third-order valence-corrected chi connectivity index (χ3v) is 4.17. The van der Waals surface area contributed by atoms with Gasteiger partial charge in [-0.2, -0.15) is 0 Å². The maximum atomic E-state index is 5.16. The van der Waals surface area contributed by atoms with Gasteiger partial charge in [0.05, 0.1) is 0 Å². The standard InChI is InChI=1S/C18H18N2S.C8H14/c1-13(2)18(21)20-14(3)19-17-11-7-10-16(12-17)15-8-5-4-6-9-15;1-4-5-6-7-8(2)3/h4-12,19H,1,3H2,2H3,(H,20,21);4-8H,1-3H3/b;5-4-,7-6-. The van der Waals surface area contributed by atoms with Gasteiger partial charge in [-0.3, -0.25) is 0 Å². The minimum absolute atomic E-state index is 0.590. The highest BCUT2D eigenvalue weighted by Crippen LogP contribution is 2.22. The Morgan fingerprint density at radius 3 is 2.21 bits per heavy atom. The predicted molar refractivity (Wildman–Crippen MR) is 134 cm³/mol. The molecule has 0 aliphatic rings. The summed E-state index contributed by atoms with van der Waals surface area (Å²) >= 11 is 5.16. The number of allylic oxidation sites excluding steroid dienone is 4. The van der Waals surface area contributed by atoms with Crippen LogP contribution < -0.4 is 10.6 Å². The molecule has 29 heavy (non-hydrogen) atoms. The molecule has 0 spiro atoms. The van der Waals surface area contributed by atoms with Crippen LogP contribution in [0.2, 0.25) is 0 Å². The van der Waals surface area contributed by atoms with Crippen molar-refractivity contribution < 1.29 is 0 Å². The molecule has 0 bridgehead atoms. The average molecular weight is 405 g/mol. The van der Waals surface area contributed by atoms with Crippen molar-refractivity contribution in [2.24, 2.45) is 5.92 Å². The largest absolute Gasteiger partial charge is 0.342 e. The van der Waals surface area contributed by atoms with E-state index in [4.69, 9.17) is 12.2 Å². The zero-order valence-electron chi connectivity index (χ0n) is 17.9. The first-order valence-corrected chi connectivity index (χ1v) is 10.1. The zero-order chi connectivity index (χ0) is 21.6. The number of nitrogens with one attached hydrogen (secondary N) is 2. The molecule has 3 heteroatoms. The Kier molecular flexibility index (Phi) is 11.1. The first-order valence-electron chi connectivity index (χ1n) is 9.71. The molecule has 2 aromatic carbocycles. The van der Waals surface area contributed by atoms with Crippen molar-refractivity contribution in [2.45, 2.75) is 27.7 Å². The van der Waals surface area contributed by atoms with E-state index in [-0.39, 0.29) is 0 Å². The van der Waals surface area contributed by atoms with Gasteiger partial charge in [-0.25, -0.2) is 0 Å². The Morgan fingerprint density at radius 1 is 0.966 bits per heavy atom. The van der Waals surface area contributed by atoms with Crippen molar-refractivity contribution in [3.63, 3.8) is 0 Å². The quantitative estimate of drug-likeness (QED) is 0.284. The maximum Gasteiger partial charge on any atom is 0.107 e. The number of rotatable bonds is 7. The molecule has 2 nitrogen and oxygen atoms in total. The molecule has 2 rings (SSSR count). The molecule has 0 aliphatic heterocycles. The SMILES string of the molecule is C/C=C\C=C/C(C)C.C=C(NC(=S)C(=C)C)Nc1cccc(-c2ccccc2)c1. The van der Waals surface area contributed by atoms with Gasteiger partial charge in [-0.1, -0.05) is 106 Å². The first-order chi connectivity index (χ1) is 13.8. The van der Waals surface area contributed by atoms with Crippen LogP contribution in [0.15, 0.2) is 103 Å². The van der Waals surface area contributed by atoms with Crippen LogP contribution in [0.1, 0.15) is 27.7 Å². The van der Waals surface area contributed by atoms with E-state index in [0.717, 1.165) is 16.8 Å². The van der Waals surface area contributed by atoms with Crippen LogP contribution in [0.4, 0.5) is 5.69 Å². The van der Waals surface area contributed by atoms with E-state index in [2.05, 4.69) is 74.1 Å². The van der Waals surface area contributed by atoms with Crippen molar-refractivity contribution in [3.8, 4) is 11.1 Å². The smallest absolute Gasteiger partial charge is 0.107 e. The molecule has 2 N–H and O–H groups in total. The van der Waals surface area contributed by atoms with Gasteiger partial charge in [0.2, 0.25) is 0 Å². The van der Waals surface area contributed by atoms with E-state index >= 15 is 0 Å². The summed E-state index contributed by atoms with van der Waals surface area (Å²) in [5, 5.41) is 6.22. The Balaban J connectivity index is 0.000000447. The van der Waals surface area contributed by atoms with Crippen LogP contribution in [0.5, 0.6) is 0 Å². The second-order valence-electron chi connectivity index (χ2n) is 6.94. The number of thiocarbonyl (C=S) groups is 1. The fourth-order valence-corrected chi connectivity index (χ4v) is 2.38. The lowest BCUT2D eigenvalue weighted by molar-refractivity contribution is 0.832. The predicted octanol–water partition coefficient (Wildman–Crippen LogP) is 7.50. The van der Waals surface area contributed by atoms with Crippen LogP contribution in [-0.2, 0) is 0 Å². The normalized spacial score (nSPS) is 10.5. The maximum absolute atomic E-state index is 5.16. The molecule has 0 saturated carbocycles. The summed E-state index contributed by atoms with van der Waals surface area (Å²) in [4.78, 5) is 0.590. The van der Waals surface area contributed by atoms with Gasteiger partial charge in [0.25, 0.3) is 0 Å². The number of anilines is 1. The third kappa shape index (κ3) is 10.3. The molecule has 0 radical (unpaired) electrons. The van der Waals surface area contributed by atoms with Crippen molar-refractivity contribution in [3.05, 3.63) is 103 Å². The van der Waals surface area contributed by atoms with Crippen molar-refractivity contribution in [1.82, 2.24) is 5.32 Å². The van der Waals surface area contributed by atoms with Crippen molar-refractivity contribution >= 4 is 22.9 Å². The number of benzene rings is 2. The molecule has 0 fully saturated rings. The topological polar surface area (TPSA) is 24.1 Å². The number of hydrogen-bond acceptors (Lipinski definition) is 2. The second-order valence-corrected chi connectivity index (χ2v) is 7.35. The monoisotopic (exact) mass is 404 g/mol. The van der Waals surface area contributed by atoms with Crippen LogP contribution >= 0.6 is 12.2 Å². The molecular formula is C26H32N2S. The molecule has 0 unspecified atom stereocenters.